The number of rotatable bonds is 5. The number of ether oxygens (including phenoxy) is 2. The maximum atomic E-state index is 13.7. The quantitative estimate of drug-likeness (QED) is 0.329. The van der Waals surface area contributed by atoms with E-state index >= 15 is 0 Å². The van der Waals surface area contributed by atoms with Crippen LogP contribution in [-0.2, 0) is 23.6 Å². The van der Waals surface area contributed by atoms with Gasteiger partial charge in [-0.2, -0.15) is 0 Å². The van der Waals surface area contributed by atoms with Crippen molar-refractivity contribution in [2.45, 2.75) is 64.5 Å². The highest BCUT2D eigenvalue weighted by Gasteiger charge is 2.41. The van der Waals surface area contributed by atoms with E-state index in [0.717, 1.165) is 47.2 Å². The van der Waals surface area contributed by atoms with E-state index in [0.29, 0.717) is 17.4 Å². The van der Waals surface area contributed by atoms with Crippen LogP contribution in [-0.4, -0.2) is 31.4 Å². The first-order valence-corrected chi connectivity index (χ1v) is 13.1. The van der Waals surface area contributed by atoms with E-state index in [1.807, 2.05) is 81.4 Å². The fraction of sp³-hybridized carbons (Fsp3) is 0.333. The van der Waals surface area contributed by atoms with Crippen LogP contribution in [0.5, 0.6) is 5.88 Å². The summed E-state index contributed by atoms with van der Waals surface area (Å²) in [5.74, 6) is 1.16. The topological polar surface area (TPSA) is 91.2 Å². The van der Waals surface area contributed by atoms with Gasteiger partial charge in [0.1, 0.15) is 18.0 Å². The molecule has 1 fully saturated rings. The van der Waals surface area contributed by atoms with Crippen molar-refractivity contribution in [1.82, 2.24) is 25.1 Å². The Bertz CT molecular complexity index is 1510. The normalized spacial score (nSPS) is 15.4. The molecule has 39 heavy (non-hydrogen) atoms. The minimum absolute atomic E-state index is 0.162. The van der Waals surface area contributed by atoms with E-state index in [2.05, 4.69) is 15.5 Å². The Morgan fingerprint density at radius 1 is 1.08 bits per heavy atom. The summed E-state index contributed by atoms with van der Waals surface area (Å²) < 4.78 is 26.9. The molecule has 1 amide bonds. The Morgan fingerprint density at radius 3 is 2.46 bits per heavy atom. The minimum atomic E-state index is -0.741. The van der Waals surface area contributed by atoms with Crippen LogP contribution in [0.2, 0.25) is 0 Å². The Balaban J connectivity index is 1.40. The predicted molar refractivity (Wildman–Crippen MR) is 144 cm³/mol. The van der Waals surface area contributed by atoms with Gasteiger partial charge in [0, 0.05) is 11.1 Å². The summed E-state index contributed by atoms with van der Waals surface area (Å²) in [7, 11) is 0. The van der Waals surface area contributed by atoms with Crippen molar-refractivity contribution < 1.29 is 18.7 Å². The first kappa shape index (κ1) is 25.0. The number of halogens is 1. The number of hydrogen-bond donors (Lipinski definition) is 1. The van der Waals surface area contributed by atoms with Gasteiger partial charge < -0.3 is 14.8 Å². The highest BCUT2D eigenvalue weighted by atomic mass is 19.1. The third kappa shape index (κ3) is 4.62. The van der Waals surface area contributed by atoms with Gasteiger partial charge >= 0.3 is 6.09 Å². The molecular weight excluding hydrogens is 497 g/mol. The fourth-order valence-corrected chi connectivity index (χ4v) is 5.22. The van der Waals surface area contributed by atoms with Gasteiger partial charge in [0.15, 0.2) is 18.3 Å². The monoisotopic (exact) mass is 527 g/mol. The molecule has 1 saturated carbocycles. The van der Waals surface area contributed by atoms with Crippen LogP contribution in [0.1, 0.15) is 57.2 Å². The van der Waals surface area contributed by atoms with E-state index < -0.39 is 23.9 Å². The van der Waals surface area contributed by atoms with Crippen molar-refractivity contribution in [3.8, 4) is 34.0 Å². The molecule has 0 atom stereocenters. The van der Waals surface area contributed by atoms with Gasteiger partial charge in [0.05, 0.1) is 11.2 Å². The van der Waals surface area contributed by atoms with Gasteiger partial charge in [-0.15, -0.1) is 10.2 Å². The number of nitrogens with zero attached hydrogens (tertiary/aromatic N) is 4. The van der Waals surface area contributed by atoms with E-state index in [9.17, 15) is 9.18 Å². The van der Waals surface area contributed by atoms with Crippen molar-refractivity contribution in [3.63, 3.8) is 0 Å². The molecule has 3 heterocycles. The van der Waals surface area contributed by atoms with Gasteiger partial charge in [-0.3, -0.25) is 4.57 Å². The molecule has 1 N–H and O–H groups in total. The van der Waals surface area contributed by atoms with Gasteiger partial charge in [0.25, 0.3) is 0 Å². The SMILES string of the molecule is CC(C)(C)OC(=O)NC1(c2ccc(-c3nc4c(cc3-c3ccccc3)-n3c(CF)nnc3CO4)cc2)CCC1. The Morgan fingerprint density at radius 2 is 1.82 bits per heavy atom. The van der Waals surface area contributed by atoms with Crippen molar-refractivity contribution in [2.24, 2.45) is 0 Å². The number of benzene rings is 2. The van der Waals surface area contributed by atoms with Crippen LogP contribution < -0.4 is 10.1 Å². The molecule has 200 valence electrons. The second kappa shape index (κ2) is 9.48. The Labute approximate surface area is 226 Å². The third-order valence-corrected chi connectivity index (χ3v) is 7.21. The second-order valence-corrected chi connectivity index (χ2v) is 11.0. The Hall–Kier alpha value is -4.27. The highest BCUT2D eigenvalue weighted by molar-refractivity contribution is 5.83. The number of hydrogen-bond acceptors (Lipinski definition) is 6. The molecule has 1 aliphatic carbocycles. The number of fused-ring (bicyclic) bond motifs is 3. The third-order valence-electron chi connectivity index (χ3n) is 7.21. The van der Waals surface area contributed by atoms with E-state index in [1.54, 1.807) is 4.57 Å². The molecular formula is C30H30FN5O3. The van der Waals surface area contributed by atoms with E-state index in [-0.39, 0.29) is 12.4 Å². The molecule has 0 radical (unpaired) electrons. The number of aromatic nitrogens is 4. The van der Waals surface area contributed by atoms with Crippen LogP contribution in [0.4, 0.5) is 9.18 Å². The fourth-order valence-electron chi connectivity index (χ4n) is 5.22. The minimum Gasteiger partial charge on any atom is -0.468 e. The summed E-state index contributed by atoms with van der Waals surface area (Å²) in [6.07, 6.45) is 2.33. The van der Waals surface area contributed by atoms with Gasteiger partial charge in [-0.05, 0) is 57.2 Å². The second-order valence-electron chi connectivity index (χ2n) is 11.0. The first-order chi connectivity index (χ1) is 18.8. The van der Waals surface area contributed by atoms with Crippen LogP contribution in [0.3, 0.4) is 0 Å². The van der Waals surface area contributed by atoms with E-state index in [1.165, 1.54) is 0 Å². The molecule has 0 saturated heterocycles. The number of alkyl halides is 1. The number of carbonyl (C=O) groups is 1. The molecule has 6 rings (SSSR count). The van der Waals surface area contributed by atoms with Crippen LogP contribution >= 0.6 is 0 Å². The van der Waals surface area contributed by atoms with Crippen LogP contribution in [0.25, 0.3) is 28.1 Å². The number of alkyl carbamates (subject to hydrolysis) is 1. The lowest BCUT2D eigenvalue weighted by Gasteiger charge is -2.43. The first-order valence-electron chi connectivity index (χ1n) is 13.1. The molecule has 9 heteroatoms. The largest absolute Gasteiger partial charge is 0.468 e. The van der Waals surface area contributed by atoms with Gasteiger partial charge in [-0.1, -0.05) is 54.6 Å². The zero-order valence-corrected chi connectivity index (χ0v) is 22.2. The standard InChI is InChI=1S/C30H30FN5O3/c1-29(2,3)39-28(37)33-30(14-7-15-30)21-12-10-20(11-13-21)26-22(19-8-5-4-6-9-19)16-23-27(32-26)38-18-25-35-34-24(17-31)36(23)25/h4-6,8-13,16H,7,14-15,17-18H2,1-3H3,(H,33,37). The summed E-state index contributed by atoms with van der Waals surface area (Å²) in [5.41, 5.74) is 4.12. The summed E-state index contributed by atoms with van der Waals surface area (Å²) in [4.78, 5) is 17.5. The average Bonchev–Trinajstić information content (AvgIpc) is 3.33. The van der Waals surface area contributed by atoms with Crippen LogP contribution in [0, 0.1) is 0 Å². The molecule has 1 aliphatic heterocycles. The zero-order valence-electron chi connectivity index (χ0n) is 22.2. The lowest BCUT2D eigenvalue weighted by atomic mass is 9.71. The molecule has 2 aliphatic rings. The molecule has 4 aromatic rings. The lowest BCUT2D eigenvalue weighted by Crippen LogP contribution is -2.52. The molecule has 0 bridgehead atoms. The van der Waals surface area contributed by atoms with Crippen LogP contribution in [0.15, 0.2) is 60.7 Å². The molecule has 2 aromatic heterocycles. The molecule has 2 aromatic carbocycles. The predicted octanol–water partition coefficient (Wildman–Crippen LogP) is 6.26. The molecule has 0 unspecified atom stereocenters. The average molecular weight is 528 g/mol. The summed E-state index contributed by atoms with van der Waals surface area (Å²) >= 11 is 0. The van der Waals surface area contributed by atoms with Gasteiger partial charge in [-0.25, -0.2) is 14.2 Å². The molecule has 8 nitrogen and oxygen atoms in total. The van der Waals surface area contributed by atoms with Crippen molar-refractivity contribution in [1.29, 1.82) is 0 Å². The smallest absolute Gasteiger partial charge is 0.408 e. The summed E-state index contributed by atoms with van der Waals surface area (Å²) in [6, 6.07) is 20.0. The number of amides is 1. The molecule has 0 spiro atoms. The maximum absolute atomic E-state index is 13.7. The van der Waals surface area contributed by atoms with Crippen molar-refractivity contribution >= 4 is 6.09 Å². The number of nitrogens with one attached hydrogen (secondary N) is 1. The Kier molecular flexibility index (Phi) is 6.09. The maximum Gasteiger partial charge on any atom is 0.408 e. The highest BCUT2D eigenvalue weighted by Crippen LogP contribution is 2.43. The zero-order chi connectivity index (χ0) is 27.2. The van der Waals surface area contributed by atoms with E-state index in [4.69, 9.17) is 14.5 Å². The van der Waals surface area contributed by atoms with Gasteiger partial charge in [0.2, 0.25) is 5.88 Å². The summed E-state index contributed by atoms with van der Waals surface area (Å²) in [5, 5.41) is 11.2. The lowest BCUT2D eigenvalue weighted by molar-refractivity contribution is 0.0377. The number of pyridine rings is 1. The number of carbonyl (C=O) groups excluding carboxylic acids is 1. The van der Waals surface area contributed by atoms with Crippen molar-refractivity contribution in [3.05, 3.63) is 77.9 Å². The summed E-state index contributed by atoms with van der Waals surface area (Å²) in [6.45, 7) is 5.00. The van der Waals surface area contributed by atoms with Crippen molar-refractivity contribution in [2.75, 3.05) is 0 Å².